The molecule has 0 radical (unpaired) electrons. The number of nitrogens with two attached hydrogens (primary N) is 1. The van der Waals surface area contributed by atoms with Crippen LogP contribution in [0.15, 0.2) is 6.07 Å². The van der Waals surface area contributed by atoms with Crippen LogP contribution in [-0.2, 0) is 0 Å². The van der Waals surface area contributed by atoms with Gasteiger partial charge in [-0.2, -0.15) is 0 Å². The Morgan fingerprint density at radius 3 is 2.67 bits per heavy atom. The molecule has 0 spiro atoms. The first kappa shape index (κ1) is 9.44. The quantitative estimate of drug-likeness (QED) is 0.622. The van der Waals surface area contributed by atoms with Gasteiger partial charge in [0.25, 0.3) is 5.91 Å². The number of aromatic nitrogens is 1. The summed E-state index contributed by atoms with van der Waals surface area (Å²) in [6, 6.07) is 1.77. The second-order valence-corrected chi connectivity index (χ2v) is 3.62. The summed E-state index contributed by atoms with van der Waals surface area (Å²) in [7, 11) is 0. The molecule has 4 heteroatoms. The van der Waals surface area contributed by atoms with Crippen molar-refractivity contribution < 1.29 is 4.79 Å². The minimum absolute atomic E-state index is 0.421. The zero-order valence-corrected chi connectivity index (χ0v) is 9.05. The van der Waals surface area contributed by atoms with Crippen molar-refractivity contribution in [2.45, 2.75) is 13.8 Å². The second-order valence-electron chi connectivity index (χ2n) is 2.59. The van der Waals surface area contributed by atoms with Gasteiger partial charge in [0, 0.05) is 5.69 Å². The van der Waals surface area contributed by atoms with Crippen molar-refractivity contribution in [2.75, 3.05) is 0 Å². The maximum atomic E-state index is 10.9. The molecule has 1 heterocycles. The fourth-order valence-electron chi connectivity index (χ4n) is 0.849. The summed E-state index contributed by atoms with van der Waals surface area (Å²) >= 11 is 2.01. The van der Waals surface area contributed by atoms with Crippen LogP contribution in [0.25, 0.3) is 0 Å². The molecule has 0 saturated heterocycles. The van der Waals surface area contributed by atoms with Crippen molar-refractivity contribution in [3.63, 3.8) is 0 Å². The highest BCUT2D eigenvalue weighted by Gasteiger charge is 2.08. The number of halogens is 1. The van der Waals surface area contributed by atoms with E-state index in [-0.39, 0.29) is 0 Å². The van der Waals surface area contributed by atoms with Gasteiger partial charge in [-0.3, -0.25) is 4.79 Å². The summed E-state index contributed by atoms with van der Waals surface area (Å²) in [5, 5.41) is 0. The Kier molecular flexibility index (Phi) is 2.66. The van der Waals surface area contributed by atoms with Gasteiger partial charge in [0.05, 0.1) is 5.56 Å². The van der Waals surface area contributed by atoms with E-state index in [9.17, 15) is 4.79 Å². The molecule has 3 nitrogen and oxygen atoms in total. The topological polar surface area (TPSA) is 56.0 Å². The summed E-state index contributed by atoms with van der Waals surface area (Å²) in [5.41, 5.74) is 7.57. The molecular formula is C8H9IN2O. The summed E-state index contributed by atoms with van der Waals surface area (Å²) in [4.78, 5) is 15.0. The SMILES string of the molecule is Cc1cc(C(N)=O)c(I)nc1C. The van der Waals surface area contributed by atoms with Gasteiger partial charge in [-0.15, -0.1) is 0 Å². The molecule has 1 amide bonds. The van der Waals surface area contributed by atoms with E-state index in [0.717, 1.165) is 11.3 Å². The van der Waals surface area contributed by atoms with Crippen LogP contribution in [0.4, 0.5) is 0 Å². The average molecular weight is 276 g/mol. The number of rotatable bonds is 1. The molecule has 0 aliphatic heterocycles. The molecule has 0 aliphatic rings. The lowest BCUT2D eigenvalue weighted by Crippen LogP contribution is -2.14. The molecule has 0 fully saturated rings. The molecule has 0 atom stereocenters. The monoisotopic (exact) mass is 276 g/mol. The van der Waals surface area contributed by atoms with Gasteiger partial charge < -0.3 is 5.73 Å². The van der Waals surface area contributed by atoms with Gasteiger partial charge in [-0.1, -0.05) is 0 Å². The number of pyridine rings is 1. The highest BCUT2D eigenvalue weighted by atomic mass is 127. The molecule has 0 unspecified atom stereocenters. The first-order valence-electron chi connectivity index (χ1n) is 3.46. The van der Waals surface area contributed by atoms with Crippen LogP contribution in [0.1, 0.15) is 21.6 Å². The number of hydrogen-bond donors (Lipinski definition) is 1. The number of carbonyl (C=O) groups is 1. The van der Waals surface area contributed by atoms with Crippen LogP contribution >= 0.6 is 22.6 Å². The number of nitrogens with zero attached hydrogens (tertiary/aromatic N) is 1. The largest absolute Gasteiger partial charge is 0.366 e. The lowest BCUT2D eigenvalue weighted by atomic mass is 10.1. The highest BCUT2D eigenvalue weighted by Crippen LogP contribution is 2.13. The van der Waals surface area contributed by atoms with E-state index in [1.807, 2.05) is 36.4 Å². The predicted octanol–water partition coefficient (Wildman–Crippen LogP) is 1.40. The minimum atomic E-state index is -0.421. The van der Waals surface area contributed by atoms with Crippen molar-refractivity contribution in [3.05, 3.63) is 26.6 Å². The van der Waals surface area contributed by atoms with Gasteiger partial charge in [0.15, 0.2) is 0 Å². The van der Waals surface area contributed by atoms with E-state index in [2.05, 4.69) is 4.98 Å². The van der Waals surface area contributed by atoms with E-state index in [1.54, 1.807) is 6.07 Å². The van der Waals surface area contributed by atoms with Gasteiger partial charge in [-0.25, -0.2) is 4.98 Å². The van der Waals surface area contributed by atoms with Crippen LogP contribution in [0.5, 0.6) is 0 Å². The van der Waals surface area contributed by atoms with E-state index in [4.69, 9.17) is 5.73 Å². The van der Waals surface area contributed by atoms with Crippen molar-refractivity contribution in [2.24, 2.45) is 5.73 Å². The van der Waals surface area contributed by atoms with E-state index in [1.165, 1.54) is 0 Å². The van der Waals surface area contributed by atoms with E-state index in [0.29, 0.717) is 9.26 Å². The first-order valence-corrected chi connectivity index (χ1v) is 4.54. The summed E-state index contributed by atoms with van der Waals surface area (Å²) in [6.45, 7) is 3.81. The molecule has 1 rings (SSSR count). The molecule has 0 aliphatic carbocycles. The van der Waals surface area contributed by atoms with Gasteiger partial charge in [0.2, 0.25) is 0 Å². The molecule has 0 bridgehead atoms. The summed E-state index contributed by atoms with van der Waals surface area (Å²) in [5.74, 6) is -0.421. The van der Waals surface area contributed by atoms with Crippen LogP contribution in [0.3, 0.4) is 0 Å². The Balaban J connectivity index is 3.33. The van der Waals surface area contributed by atoms with Crippen molar-refractivity contribution in [3.8, 4) is 0 Å². The molecule has 2 N–H and O–H groups in total. The molecule has 12 heavy (non-hydrogen) atoms. The third-order valence-electron chi connectivity index (χ3n) is 1.69. The molecule has 1 aromatic rings. The van der Waals surface area contributed by atoms with Crippen LogP contribution in [0.2, 0.25) is 0 Å². The Bertz CT molecular complexity index is 336. The van der Waals surface area contributed by atoms with Crippen molar-refractivity contribution >= 4 is 28.5 Å². The molecule has 0 aromatic carbocycles. The normalized spacial score (nSPS) is 9.92. The molecule has 64 valence electrons. The zero-order valence-electron chi connectivity index (χ0n) is 6.89. The third kappa shape index (κ3) is 1.74. The van der Waals surface area contributed by atoms with Gasteiger partial charge in [0.1, 0.15) is 3.70 Å². The average Bonchev–Trinajstić information content (AvgIpc) is 1.96. The molecule has 1 aromatic heterocycles. The maximum Gasteiger partial charge on any atom is 0.251 e. The van der Waals surface area contributed by atoms with Crippen LogP contribution < -0.4 is 5.73 Å². The van der Waals surface area contributed by atoms with Gasteiger partial charge in [-0.05, 0) is 48.1 Å². The number of hydrogen-bond acceptors (Lipinski definition) is 2. The lowest BCUT2D eigenvalue weighted by Gasteiger charge is -2.03. The van der Waals surface area contributed by atoms with Gasteiger partial charge >= 0.3 is 0 Å². The second kappa shape index (κ2) is 3.38. The first-order chi connectivity index (χ1) is 5.52. The van der Waals surface area contributed by atoms with Crippen LogP contribution in [-0.4, -0.2) is 10.9 Å². The number of amides is 1. The summed E-state index contributed by atoms with van der Waals surface area (Å²) in [6.07, 6.45) is 0. The third-order valence-corrected chi connectivity index (χ3v) is 2.51. The Hall–Kier alpha value is -0.650. The number of aryl methyl sites for hydroxylation is 2. The van der Waals surface area contributed by atoms with E-state index >= 15 is 0 Å². The lowest BCUT2D eigenvalue weighted by molar-refractivity contribution is 0.0999. The minimum Gasteiger partial charge on any atom is -0.366 e. The Morgan fingerprint density at radius 2 is 2.17 bits per heavy atom. The fourth-order valence-corrected chi connectivity index (χ4v) is 1.63. The smallest absolute Gasteiger partial charge is 0.251 e. The van der Waals surface area contributed by atoms with Crippen LogP contribution in [0, 0.1) is 17.5 Å². The summed E-state index contributed by atoms with van der Waals surface area (Å²) < 4.78 is 0.670. The fraction of sp³-hybridized carbons (Fsp3) is 0.250. The van der Waals surface area contributed by atoms with Crippen molar-refractivity contribution in [1.29, 1.82) is 0 Å². The Morgan fingerprint density at radius 1 is 1.58 bits per heavy atom. The molecule has 0 saturated carbocycles. The Labute approximate surface area is 84.5 Å². The standard InChI is InChI=1S/C8H9IN2O/c1-4-3-6(8(10)12)7(9)11-5(4)2/h3H,1-2H3,(H2,10,12). The maximum absolute atomic E-state index is 10.9. The highest BCUT2D eigenvalue weighted by molar-refractivity contribution is 14.1. The number of carbonyl (C=O) groups excluding carboxylic acids is 1. The van der Waals surface area contributed by atoms with Crippen molar-refractivity contribution in [1.82, 2.24) is 4.98 Å². The molecular weight excluding hydrogens is 267 g/mol. The number of primary amides is 1. The van der Waals surface area contributed by atoms with E-state index < -0.39 is 5.91 Å². The zero-order chi connectivity index (χ0) is 9.30. The predicted molar refractivity (Wildman–Crippen MR) is 54.9 cm³/mol.